The number of ether oxygens (including phenoxy) is 1. The van der Waals surface area contributed by atoms with E-state index < -0.39 is 5.60 Å². The number of hydrogen-bond donors (Lipinski definition) is 1. The molecule has 1 N–H and O–H groups in total. The first-order valence-electron chi connectivity index (χ1n) is 20.5. The van der Waals surface area contributed by atoms with Gasteiger partial charge in [-0.2, -0.15) is 0 Å². The van der Waals surface area contributed by atoms with Crippen LogP contribution in [-0.4, -0.2) is 61.9 Å². The first-order valence-corrected chi connectivity index (χ1v) is 20.5. The molecule has 0 bridgehead atoms. The van der Waals surface area contributed by atoms with Crippen LogP contribution in [0.15, 0.2) is 94.5 Å². The number of nitrogens with one attached hydrogen (secondary N) is 1. The Kier molecular flexibility index (Phi) is 14.3. The molecule has 13 heteroatoms. The fraction of sp³-hybridized carbons (Fsp3) is 0.327. The largest absolute Gasteiger partial charge is 0.444 e. The summed E-state index contributed by atoms with van der Waals surface area (Å²) in [6, 6.07) is 23.4. The van der Waals surface area contributed by atoms with E-state index in [-0.39, 0.29) is 47.3 Å². The summed E-state index contributed by atoms with van der Waals surface area (Å²) in [4.78, 5) is 49.7. The molecule has 0 fully saturated rings. The molecular formula is C49H49ClF2N6O4. The number of aryl methyl sites for hydroxylation is 2. The van der Waals surface area contributed by atoms with E-state index in [9.17, 15) is 23.2 Å². The molecule has 2 aliphatic heterocycles. The highest BCUT2D eigenvalue weighted by Crippen LogP contribution is 2.22. The summed E-state index contributed by atoms with van der Waals surface area (Å²) in [7, 11) is 3.70. The van der Waals surface area contributed by atoms with Crippen LogP contribution < -0.4 is 16.4 Å². The van der Waals surface area contributed by atoms with E-state index in [1.54, 1.807) is 69.6 Å². The van der Waals surface area contributed by atoms with Crippen molar-refractivity contribution in [1.29, 1.82) is 0 Å². The van der Waals surface area contributed by atoms with E-state index in [2.05, 4.69) is 29.0 Å². The van der Waals surface area contributed by atoms with Gasteiger partial charge < -0.3 is 15.0 Å². The van der Waals surface area contributed by atoms with Gasteiger partial charge >= 0.3 is 6.09 Å². The van der Waals surface area contributed by atoms with Gasteiger partial charge in [0.05, 0.1) is 21.8 Å². The number of rotatable bonds is 2. The van der Waals surface area contributed by atoms with Gasteiger partial charge in [-0.3, -0.25) is 18.7 Å². The van der Waals surface area contributed by atoms with Gasteiger partial charge in [-0.15, -0.1) is 12.4 Å². The smallest absolute Gasteiger partial charge is 0.410 e. The van der Waals surface area contributed by atoms with Crippen molar-refractivity contribution in [3.8, 4) is 23.7 Å². The number of carbonyl (C=O) groups is 1. The van der Waals surface area contributed by atoms with Gasteiger partial charge in [0.2, 0.25) is 0 Å². The highest BCUT2D eigenvalue weighted by Gasteiger charge is 2.28. The first kappa shape index (κ1) is 45.2. The van der Waals surface area contributed by atoms with Crippen LogP contribution in [0, 0.1) is 35.3 Å². The van der Waals surface area contributed by atoms with Crippen LogP contribution in [0.5, 0.6) is 0 Å². The lowest BCUT2D eigenvalue weighted by atomic mass is 10.1. The van der Waals surface area contributed by atoms with Crippen LogP contribution >= 0.6 is 12.4 Å². The molecule has 0 aliphatic carbocycles. The zero-order valence-corrected chi connectivity index (χ0v) is 36.2. The second kappa shape index (κ2) is 19.6. The molecule has 0 spiro atoms. The predicted octanol–water partition coefficient (Wildman–Crippen LogP) is 7.79. The number of nitrogens with zero attached hydrogens (tertiary/aromatic N) is 5. The molecule has 6 aromatic rings. The molecule has 0 saturated heterocycles. The Labute approximate surface area is 365 Å². The van der Waals surface area contributed by atoms with Gasteiger partial charge in [-0.1, -0.05) is 35.8 Å². The second-order valence-corrected chi connectivity index (χ2v) is 16.3. The van der Waals surface area contributed by atoms with Crippen molar-refractivity contribution in [2.75, 3.05) is 14.1 Å². The van der Waals surface area contributed by atoms with Gasteiger partial charge in [0.25, 0.3) is 11.1 Å². The monoisotopic (exact) mass is 858 g/mol. The molecule has 10 nitrogen and oxygen atoms in total. The Morgan fingerprint density at radius 3 is 1.65 bits per heavy atom. The summed E-state index contributed by atoms with van der Waals surface area (Å²) in [6.07, 6.45) is 4.20. The number of benzene rings is 4. The van der Waals surface area contributed by atoms with Crippen molar-refractivity contribution < 1.29 is 18.3 Å². The Morgan fingerprint density at radius 1 is 0.710 bits per heavy atom. The first-order chi connectivity index (χ1) is 29.2. The van der Waals surface area contributed by atoms with Crippen LogP contribution in [0.25, 0.3) is 21.8 Å². The number of fused-ring (bicyclic) bond motifs is 4. The third-order valence-electron chi connectivity index (χ3n) is 10.9. The highest BCUT2D eigenvalue weighted by atomic mass is 35.5. The van der Waals surface area contributed by atoms with E-state index >= 15 is 0 Å². The minimum Gasteiger partial charge on any atom is -0.444 e. The normalized spacial score (nSPS) is 15.7. The summed E-state index contributed by atoms with van der Waals surface area (Å²) in [5.74, 6) is 12.9. The molecule has 4 heterocycles. The van der Waals surface area contributed by atoms with Crippen LogP contribution in [0.4, 0.5) is 13.6 Å². The second-order valence-electron chi connectivity index (χ2n) is 16.3. The fourth-order valence-electron chi connectivity index (χ4n) is 7.56. The lowest BCUT2D eigenvalue weighted by molar-refractivity contribution is 0.0207. The number of halogens is 3. The summed E-state index contributed by atoms with van der Waals surface area (Å²) < 4.78 is 35.7. The minimum atomic E-state index is -0.565. The zero-order valence-electron chi connectivity index (χ0n) is 35.4. The molecule has 4 aromatic carbocycles. The van der Waals surface area contributed by atoms with E-state index in [4.69, 9.17) is 14.7 Å². The van der Waals surface area contributed by atoms with E-state index in [1.165, 1.54) is 24.3 Å². The van der Waals surface area contributed by atoms with Gasteiger partial charge in [0.1, 0.15) is 28.9 Å². The van der Waals surface area contributed by atoms with E-state index in [0.29, 0.717) is 82.7 Å². The van der Waals surface area contributed by atoms with Crippen molar-refractivity contribution in [3.63, 3.8) is 0 Å². The number of amides is 1. The standard InChI is InChI=1S/C27H28FN3O3.C22H20FN3O.ClH/c1-27(2,3)34-26(33)30(4)21-11-13-24-29-23-17-19(9-8-18-6-5-7-20(28)16-18)10-12-22(23)25(32)31(24)15-14-21;1-24-18-8-10-21-25-20-14-16(6-5-15-3-2-4-17(23)13-15)7-9-19(20)22(27)26(21)12-11-18;/h5-7,10,12,16-17,21H,11,13-15H2,1-4H3;2-4,7,9,13-14,18,24H,8,10-12H2,1H3;1H. The maximum atomic E-state index is 13.4. The van der Waals surface area contributed by atoms with Crippen LogP contribution in [-0.2, 0) is 30.7 Å². The highest BCUT2D eigenvalue weighted by molar-refractivity contribution is 5.85. The van der Waals surface area contributed by atoms with Crippen molar-refractivity contribution >= 4 is 40.3 Å². The SMILES string of the molecule is CN(C(=O)OC(C)(C)C)C1CCc2nc3cc(C#Cc4cccc(F)c4)ccc3c(=O)n2CC1.CNC1CCc2nc3cc(C#Cc4cccc(F)c4)ccc3c(=O)n2CC1.Cl. The van der Waals surface area contributed by atoms with Gasteiger partial charge in [-0.05, 0) is 126 Å². The molecule has 320 valence electrons. The molecule has 0 radical (unpaired) electrons. The van der Waals surface area contributed by atoms with Crippen LogP contribution in [0.1, 0.15) is 80.4 Å². The van der Waals surface area contributed by atoms with Crippen molar-refractivity contribution in [1.82, 2.24) is 29.3 Å². The van der Waals surface area contributed by atoms with Crippen LogP contribution in [0.2, 0.25) is 0 Å². The molecule has 62 heavy (non-hydrogen) atoms. The van der Waals surface area contributed by atoms with Crippen LogP contribution in [0.3, 0.4) is 0 Å². The number of carbonyl (C=O) groups excluding carboxylic acids is 1. The van der Waals surface area contributed by atoms with Crippen molar-refractivity contribution in [3.05, 3.63) is 151 Å². The maximum Gasteiger partial charge on any atom is 0.410 e. The number of hydrogen-bond acceptors (Lipinski definition) is 7. The Hall–Kier alpha value is -6.34. The van der Waals surface area contributed by atoms with Gasteiger partial charge in [0, 0.05) is 67.3 Å². The molecule has 8 rings (SSSR count). The predicted molar refractivity (Wildman–Crippen MR) is 241 cm³/mol. The third-order valence-corrected chi connectivity index (χ3v) is 10.9. The quantitative estimate of drug-likeness (QED) is 0.177. The molecule has 2 aliphatic rings. The van der Waals surface area contributed by atoms with Gasteiger partial charge in [-0.25, -0.2) is 23.5 Å². The summed E-state index contributed by atoms with van der Waals surface area (Å²) in [5, 5.41) is 4.43. The Balaban J connectivity index is 0.000000209. The van der Waals surface area contributed by atoms with Gasteiger partial charge in [0.15, 0.2) is 0 Å². The van der Waals surface area contributed by atoms with E-state index in [0.717, 1.165) is 30.7 Å². The summed E-state index contributed by atoms with van der Waals surface area (Å²) >= 11 is 0. The average Bonchev–Trinajstić information content (AvgIpc) is 3.58. The zero-order chi connectivity index (χ0) is 43.3. The average molecular weight is 859 g/mol. The summed E-state index contributed by atoms with van der Waals surface area (Å²) in [6.45, 7) is 6.69. The fourth-order valence-corrected chi connectivity index (χ4v) is 7.56. The molecule has 0 saturated carbocycles. The molecular weight excluding hydrogens is 810 g/mol. The van der Waals surface area contributed by atoms with E-state index in [1.807, 2.05) is 40.0 Å². The Morgan fingerprint density at radius 2 is 1.18 bits per heavy atom. The maximum absolute atomic E-state index is 13.4. The third kappa shape index (κ3) is 10.9. The van der Waals surface area contributed by atoms with Crippen molar-refractivity contribution in [2.45, 2.75) is 90.1 Å². The lowest BCUT2D eigenvalue weighted by Gasteiger charge is -2.30. The number of aromatic nitrogens is 4. The van der Waals surface area contributed by atoms with Crippen molar-refractivity contribution in [2.24, 2.45) is 0 Å². The minimum absolute atomic E-state index is 0. The molecule has 2 aromatic heterocycles. The Bertz CT molecular complexity index is 2880. The lowest BCUT2D eigenvalue weighted by Crippen LogP contribution is -2.41. The topological polar surface area (TPSA) is 111 Å². The molecule has 2 unspecified atom stereocenters. The summed E-state index contributed by atoms with van der Waals surface area (Å²) in [5.41, 5.74) is 3.25. The molecule has 1 amide bonds. The molecule has 2 atom stereocenters.